The zero-order valence-electron chi connectivity index (χ0n) is 12.9. The molecule has 2 aliphatic heterocycles. The van der Waals surface area contributed by atoms with E-state index in [9.17, 15) is 9.90 Å². The smallest absolute Gasteiger partial charge is 0.336 e. The van der Waals surface area contributed by atoms with Crippen LogP contribution in [0.1, 0.15) is 5.56 Å². The van der Waals surface area contributed by atoms with Gasteiger partial charge < -0.3 is 15.3 Å². The molecule has 0 aliphatic carbocycles. The second-order valence-corrected chi connectivity index (χ2v) is 7.16. The average molecular weight is 398 g/mol. The van der Waals surface area contributed by atoms with Crippen molar-refractivity contribution >= 4 is 52.5 Å². The molecule has 9 heteroatoms. The summed E-state index contributed by atoms with van der Waals surface area (Å²) in [4.78, 5) is 12.2. The van der Waals surface area contributed by atoms with Crippen molar-refractivity contribution < 1.29 is 14.6 Å². The molecule has 1 fully saturated rings. The van der Waals surface area contributed by atoms with Crippen molar-refractivity contribution in [1.29, 1.82) is 5.41 Å². The predicted molar refractivity (Wildman–Crippen MR) is 99.0 cm³/mol. The van der Waals surface area contributed by atoms with Crippen LogP contribution in [0.3, 0.4) is 0 Å². The number of carbonyl (C=O) groups is 1. The van der Waals surface area contributed by atoms with Gasteiger partial charge in [-0.05, 0) is 12.1 Å². The minimum absolute atomic E-state index is 0.0980. The number of aliphatic hydroxyl groups is 1. The number of benzene rings is 1. The molecule has 3 rings (SSSR count). The van der Waals surface area contributed by atoms with E-state index in [-0.39, 0.29) is 5.71 Å². The molecule has 2 unspecified atom stereocenters. The van der Waals surface area contributed by atoms with Crippen LogP contribution < -0.4 is 0 Å². The number of nitrogens with zero attached hydrogens (tertiary/aromatic N) is 2. The molecule has 0 spiro atoms. The van der Waals surface area contributed by atoms with Gasteiger partial charge in [0, 0.05) is 27.8 Å². The van der Waals surface area contributed by atoms with Gasteiger partial charge in [-0.25, -0.2) is 4.79 Å². The first-order valence-corrected chi connectivity index (χ1v) is 8.75. The van der Waals surface area contributed by atoms with Gasteiger partial charge in [-0.3, -0.25) is 0 Å². The van der Waals surface area contributed by atoms with E-state index in [1.165, 1.54) is 13.3 Å². The quantitative estimate of drug-likeness (QED) is 0.604. The molecule has 0 aromatic heterocycles. The normalized spacial score (nSPS) is 21.0. The van der Waals surface area contributed by atoms with Crippen molar-refractivity contribution in [2.75, 3.05) is 7.11 Å². The average Bonchev–Trinajstić information content (AvgIpc) is 2.79. The van der Waals surface area contributed by atoms with E-state index in [0.29, 0.717) is 26.8 Å². The molecular weight excluding hydrogens is 385 g/mol. The van der Waals surface area contributed by atoms with Crippen LogP contribution >= 0.6 is 35.1 Å². The van der Waals surface area contributed by atoms with Gasteiger partial charge in [0.1, 0.15) is 0 Å². The van der Waals surface area contributed by atoms with Gasteiger partial charge in [-0.1, -0.05) is 29.8 Å². The van der Waals surface area contributed by atoms with Crippen molar-refractivity contribution in [3.8, 4) is 0 Å². The zero-order chi connectivity index (χ0) is 18.1. The van der Waals surface area contributed by atoms with E-state index in [0.717, 1.165) is 16.3 Å². The number of hydrogen-bond acceptors (Lipinski definition) is 7. The van der Waals surface area contributed by atoms with Gasteiger partial charge in [0.2, 0.25) is 0 Å². The molecule has 2 N–H and O–H groups in total. The summed E-state index contributed by atoms with van der Waals surface area (Å²) < 4.78 is 5.66. The highest BCUT2D eigenvalue weighted by molar-refractivity contribution is 8.05. The first-order chi connectivity index (χ1) is 11.9. The Labute approximate surface area is 158 Å². The number of ether oxygens (including phenoxy) is 1. The van der Waals surface area contributed by atoms with Crippen LogP contribution in [-0.4, -0.2) is 45.5 Å². The maximum absolute atomic E-state index is 11.6. The zero-order valence-corrected chi connectivity index (χ0v) is 15.3. The third-order valence-corrected chi connectivity index (χ3v) is 5.51. The molecule has 1 saturated heterocycles. The summed E-state index contributed by atoms with van der Waals surface area (Å²) >= 11 is 13.5. The monoisotopic (exact) mass is 397 g/mol. The SMILES string of the molecule is COC(=O)C(O)C1SC2=CN(Cl)N=C(c3ccccc3Cl)C=C2C1=N. The summed E-state index contributed by atoms with van der Waals surface area (Å²) in [5.41, 5.74) is 1.76. The first-order valence-electron chi connectivity index (χ1n) is 7.16. The topological polar surface area (TPSA) is 86.0 Å². The van der Waals surface area contributed by atoms with Crippen molar-refractivity contribution in [1.82, 2.24) is 4.53 Å². The van der Waals surface area contributed by atoms with E-state index in [2.05, 4.69) is 9.84 Å². The molecule has 0 radical (unpaired) electrons. The Balaban J connectivity index is 2.01. The fourth-order valence-electron chi connectivity index (χ4n) is 2.46. The number of aliphatic hydroxyl groups excluding tert-OH is 1. The molecule has 0 amide bonds. The molecular formula is C16H13Cl2N3O3S. The Kier molecular flexibility index (Phi) is 5.19. The standard InChI is InChI=1S/C16H13Cl2N3O3S/c1-24-16(23)14(22)15-13(19)9-6-11(8-4-2-3-5-10(8)17)20-21(18)7-12(9)25-15/h2-7,14-15,19,22H,1H3. The van der Waals surface area contributed by atoms with Gasteiger partial charge in [0.25, 0.3) is 0 Å². The third-order valence-electron chi connectivity index (χ3n) is 3.68. The fourth-order valence-corrected chi connectivity index (χ4v) is 4.14. The number of thioether (sulfide) groups is 1. The van der Waals surface area contributed by atoms with Crippen molar-refractivity contribution in [3.05, 3.63) is 57.6 Å². The molecule has 0 saturated carbocycles. The lowest BCUT2D eigenvalue weighted by Gasteiger charge is -2.14. The lowest BCUT2D eigenvalue weighted by Crippen LogP contribution is -2.35. The summed E-state index contributed by atoms with van der Waals surface area (Å²) in [5.74, 6) is -0.789. The number of hydrogen-bond donors (Lipinski definition) is 2. The number of rotatable bonds is 3. The Morgan fingerprint density at radius 2 is 2.20 bits per heavy atom. The lowest BCUT2D eigenvalue weighted by atomic mass is 10.0. The van der Waals surface area contributed by atoms with Crippen molar-refractivity contribution in [2.45, 2.75) is 11.4 Å². The Hall–Kier alpha value is -1.80. The van der Waals surface area contributed by atoms with Gasteiger partial charge in [0.15, 0.2) is 6.10 Å². The highest BCUT2D eigenvalue weighted by atomic mass is 35.5. The Bertz CT molecular complexity index is 838. The molecule has 1 aromatic rings. The minimum Gasteiger partial charge on any atom is -0.467 e. The number of esters is 1. The summed E-state index contributed by atoms with van der Waals surface area (Å²) in [5, 5.41) is 22.4. The predicted octanol–water partition coefficient (Wildman–Crippen LogP) is 2.95. The van der Waals surface area contributed by atoms with Crippen molar-refractivity contribution in [2.24, 2.45) is 5.10 Å². The van der Waals surface area contributed by atoms with Gasteiger partial charge in [-0.2, -0.15) is 9.63 Å². The minimum atomic E-state index is -1.44. The van der Waals surface area contributed by atoms with Crippen LogP contribution in [0.25, 0.3) is 0 Å². The number of carbonyl (C=O) groups excluding carboxylic acids is 1. The summed E-state index contributed by atoms with van der Waals surface area (Å²) in [6, 6.07) is 7.14. The highest BCUT2D eigenvalue weighted by Crippen LogP contribution is 2.42. The summed E-state index contributed by atoms with van der Waals surface area (Å²) in [7, 11) is 1.19. The number of methoxy groups -OCH3 is 1. The fraction of sp³-hybridized carbons (Fsp3) is 0.188. The van der Waals surface area contributed by atoms with Crippen LogP contribution in [-0.2, 0) is 9.53 Å². The van der Waals surface area contributed by atoms with Gasteiger partial charge in [0.05, 0.1) is 35.0 Å². The number of fused-ring (bicyclic) bond motifs is 1. The number of hydrazone groups is 1. The van der Waals surface area contributed by atoms with E-state index >= 15 is 0 Å². The highest BCUT2D eigenvalue weighted by Gasteiger charge is 2.40. The van der Waals surface area contributed by atoms with Crippen LogP contribution in [0.5, 0.6) is 0 Å². The summed E-state index contributed by atoms with van der Waals surface area (Å²) in [6.45, 7) is 0. The molecule has 0 bridgehead atoms. The first kappa shape index (κ1) is 18.0. The molecule has 25 heavy (non-hydrogen) atoms. The number of nitrogens with one attached hydrogen (secondary N) is 1. The molecule has 6 nitrogen and oxygen atoms in total. The Morgan fingerprint density at radius 3 is 2.88 bits per heavy atom. The molecule has 1 aromatic carbocycles. The number of halogens is 2. The largest absolute Gasteiger partial charge is 0.467 e. The van der Waals surface area contributed by atoms with Crippen LogP contribution in [0, 0.1) is 5.41 Å². The van der Waals surface area contributed by atoms with Crippen molar-refractivity contribution in [3.63, 3.8) is 0 Å². The number of allylic oxidation sites excluding steroid dienone is 2. The second-order valence-electron chi connectivity index (χ2n) is 5.23. The molecule has 2 heterocycles. The maximum Gasteiger partial charge on any atom is 0.336 e. The van der Waals surface area contributed by atoms with Gasteiger partial charge >= 0.3 is 5.97 Å². The van der Waals surface area contributed by atoms with Crippen LogP contribution in [0.4, 0.5) is 0 Å². The maximum atomic E-state index is 11.6. The summed E-state index contributed by atoms with van der Waals surface area (Å²) in [6.07, 6.45) is 1.76. The molecule has 2 aliphatic rings. The van der Waals surface area contributed by atoms with E-state index < -0.39 is 17.3 Å². The van der Waals surface area contributed by atoms with Gasteiger partial charge in [-0.15, -0.1) is 11.8 Å². The van der Waals surface area contributed by atoms with E-state index in [1.807, 2.05) is 6.07 Å². The second kappa shape index (κ2) is 7.21. The Morgan fingerprint density at radius 1 is 1.48 bits per heavy atom. The van der Waals surface area contributed by atoms with Crippen LogP contribution in [0.15, 0.2) is 52.1 Å². The van der Waals surface area contributed by atoms with Crippen LogP contribution in [0.2, 0.25) is 5.02 Å². The third kappa shape index (κ3) is 3.46. The molecule has 130 valence electrons. The van der Waals surface area contributed by atoms with E-state index in [4.69, 9.17) is 28.8 Å². The van der Waals surface area contributed by atoms with E-state index in [1.54, 1.807) is 24.3 Å². The molecule has 2 atom stereocenters. The lowest BCUT2D eigenvalue weighted by molar-refractivity contribution is -0.149.